The van der Waals surface area contributed by atoms with Gasteiger partial charge in [-0.05, 0) is 18.6 Å². The molecule has 2 aromatic rings. The van der Waals surface area contributed by atoms with Crippen molar-refractivity contribution in [2.24, 2.45) is 4.40 Å². The Morgan fingerprint density at radius 3 is 2.26 bits per heavy atom. The van der Waals surface area contributed by atoms with E-state index in [0.29, 0.717) is 18.7 Å². The van der Waals surface area contributed by atoms with Gasteiger partial charge >= 0.3 is 10.2 Å². The lowest BCUT2D eigenvalue weighted by Crippen LogP contribution is -2.50. The third kappa shape index (κ3) is 4.70. The molecule has 0 atom stereocenters. The fraction of sp³-hybridized carbons (Fsp3) is 0.304. The van der Waals surface area contributed by atoms with Crippen LogP contribution in [0.2, 0.25) is 0 Å². The van der Waals surface area contributed by atoms with Gasteiger partial charge in [-0.2, -0.15) is 8.42 Å². The monoisotopic (exact) mass is 438 g/mol. The number of aryl methyl sites for hydroxylation is 1. The Morgan fingerprint density at radius 2 is 1.61 bits per heavy atom. The second-order valence-electron chi connectivity index (χ2n) is 7.87. The third-order valence-corrected chi connectivity index (χ3v) is 6.96. The summed E-state index contributed by atoms with van der Waals surface area (Å²) in [6, 6.07) is 17.6. The standard InChI is InChI=1S/C23H26N4O3S/c1-18-8-10-20(11-9-18)21-16-22(25(2)31(29,30)24-21)23(28)27-14-12-26(13-15-27)17-19-6-4-3-5-7-19/h3-11,16H,12-15,17H2,1-2H3. The Morgan fingerprint density at radius 1 is 0.968 bits per heavy atom. The van der Waals surface area contributed by atoms with E-state index in [0.717, 1.165) is 29.5 Å². The number of rotatable bonds is 4. The lowest BCUT2D eigenvalue weighted by molar-refractivity contribution is -0.129. The summed E-state index contributed by atoms with van der Waals surface area (Å²) in [7, 11) is -2.58. The van der Waals surface area contributed by atoms with Crippen molar-refractivity contribution < 1.29 is 13.2 Å². The van der Waals surface area contributed by atoms with Crippen LogP contribution in [0.3, 0.4) is 0 Å². The zero-order valence-electron chi connectivity index (χ0n) is 17.7. The molecule has 0 aliphatic carbocycles. The fourth-order valence-corrected chi connectivity index (χ4v) is 4.63. The number of likely N-dealkylation sites (N-methyl/N-ethyl adjacent to an activating group) is 1. The average molecular weight is 439 g/mol. The van der Waals surface area contributed by atoms with Crippen LogP contribution in [0, 0.1) is 6.92 Å². The number of carbonyl (C=O) groups is 1. The first kappa shape index (κ1) is 21.3. The minimum Gasteiger partial charge on any atom is -0.335 e. The molecule has 7 nitrogen and oxygen atoms in total. The number of allylic oxidation sites excluding steroid dienone is 1. The van der Waals surface area contributed by atoms with Gasteiger partial charge < -0.3 is 4.90 Å². The highest BCUT2D eigenvalue weighted by atomic mass is 32.2. The molecular weight excluding hydrogens is 412 g/mol. The molecule has 8 heteroatoms. The summed E-state index contributed by atoms with van der Waals surface area (Å²) in [6.45, 7) is 5.37. The van der Waals surface area contributed by atoms with E-state index in [4.69, 9.17) is 0 Å². The summed E-state index contributed by atoms with van der Waals surface area (Å²) in [5.41, 5.74) is 3.38. The van der Waals surface area contributed by atoms with Gasteiger partial charge in [0.1, 0.15) is 5.70 Å². The Kier molecular flexibility index (Phi) is 5.93. The van der Waals surface area contributed by atoms with Crippen LogP contribution in [-0.2, 0) is 21.5 Å². The van der Waals surface area contributed by atoms with E-state index in [1.165, 1.54) is 12.6 Å². The molecule has 0 aromatic heterocycles. The highest BCUT2D eigenvalue weighted by molar-refractivity contribution is 7.88. The second-order valence-corrected chi connectivity index (χ2v) is 9.50. The molecule has 2 heterocycles. The van der Waals surface area contributed by atoms with E-state index in [1.807, 2.05) is 49.4 Å². The van der Waals surface area contributed by atoms with Crippen molar-refractivity contribution >= 4 is 21.8 Å². The van der Waals surface area contributed by atoms with E-state index in [2.05, 4.69) is 21.4 Å². The summed E-state index contributed by atoms with van der Waals surface area (Å²) in [5, 5.41) is 0. The lowest BCUT2D eigenvalue weighted by atomic mass is 10.1. The van der Waals surface area contributed by atoms with Gasteiger partial charge in [0.2, 0.25) is 0 Å². The molecule has 31 heavy (non-hydrogen) atoms. The predicted octanol–water partition coefficient (Wildman–Crippen LogP) is 2.20. The molecule has 162 valence electrons. The molecule has 1 fully saturated rings. The fourth-order valence-electron chi connectivity index (χ4n) is 3.73. The molecule has 0 radical (unpaired) electrons. The summed E-state index contributed by atoms with van der Waals surface area (Å²) < 4.78 is 30.1. The topological polar surface area (TPSA) is 73.3 Å². The zero-order chi connectivity index (χ0) is 22.0. The van der Waals surface area contributed by atoms with Crippen LogP contribution < -0.4 is 0 Å². The SMILES string of the molecule is Cc1ccc(C2=NS(=O)(=O)N(C)C(C(=O)N3CCN(Cc4ccccc4)CC3)=C2)cc1. The van der Waals surface area contributed by atoms with Gasteiger partial charge in [0.05, 0.1) is 5.71 Å². The first-order valence-corrected chi connectivity index (χ1v) is 11.7. The van der Waals surface area contributed by atoms with E-state index < -0.39 is 10.2 Å². The van der Waals surface area contributed by atoms with Gasteiger partial charge in [-0.1, -0.05) is 60.2 Å². The van der Waals surface area contributed by atoms with Crippen molar-refractivity contribution in [1.82, 2.24) is 14.1 Å². The number of hydrogen-bond donors (Lipinski definition) is 0. The highest BCUT2D eigenvalue weighted by Crippen LogP contribution is 2.22. The summed E-state index contributed by atoms with van der Waals surface area (Å²) in [5.74, 6) is -0.287. The van der Waals surface area contributed by atoms with Crippen molar-refractivity contribution in [1.29, 1.82) is 0 Å². The molecule has 2 aliphatic rings. The van der Waals surface area contributed by atoms with Crippen LogP contribution in [0.5, 0.6) is 0 Å². The third-order valence-electron chi connectivity index (χ3n) is 5.65. The summed E-state index contributed by atoms with van der Waals surface area (Å²) in [6.07, 6.45) is 1.57. The smallest absolute Gasteiger partial charge is 0.335 e. The maximum absolute atomic E-state index is 13.2. The predicted molar refractivity (Wildman–Crippen MR) is 121 cm³/mol. The number of hydrogen-bond acceptors (Lipinski definition) is 4. The van der Waals surface area contributed by atoms with Gasteiger partial charge in [0, 0.05) is 45.3 Å². The maximum Gasteiger partial charge on any atom is 0.345 e. The van der Waals surface area contributed by atoms with Gasteiger partial charge in [-0.3, -0.25) is 9.69 Å². The summed E-state index contributed by atoms with van der Waals surface area (Å²) in [4.78, 5) is 17.2. The molecular formula is C23H26N4O3S. The average Bonchev–Trinajstić information content (AvgIpc) is 2.77. The van der Waals surface area contributed by atoms with Gasteiger partial charge in [-0.25, -0.2) is 4.31 Å². The van der Waals surface area contributed by atoms with E-state index in [-0.39, 0.29) is 17.3 Å². The van der Waals surface area contributed by atoms with Gasteiger partial charge in [0.25, 0.3) is 5.91 Å². The van der Waals surface area contributed by atoms with Crippen molar-refractivity contribution in [3.63, 3.8) is 0 Å². The quantitative estimate of drug-likeness (QED) is 0.734. The van der Waals surface area contributed by atoms with Crippen molar-refractivity contribution in [2.45, 2.75) is 13.5 Å². The number of amides is 1. The van der Waals surface area contributed by atoms with Crippen LogP contribution in [0.25, 0.3) is 0 Å². The minimum atomic E-state index is -3.96. The Hall–Kier alpha value is -2.97. The molecule has 2 aromatic carbocycles. The molecule has 1 amide bonds. The van der Waals surface area contributed by atoms with Crippen LogP contribution in [-0.4, -0.2) is 67.4 Å². The molecule has 0 saturated carbocycles. The van der Waals surface area contributed by atoms with Crippen molar-refractivity contribution in [3.05, 3.63) is 83.1 Å². The van der Waals surface area contributed by atoms with Crippen molar-refractivity contribution in [3.8, 4) is 0 Å². The molecule has 0 bridgehead atoms. The lowest BCUT2D eigenvalue weighted by Gasteiger charge is -2.36. The second kappa shape index (κ2) is 8.64. The summed E-state index contributed by atoms with van der Waals surface area (Å²) >= 11 is 0. The normalized spacial score (nSPS) is 19.0. The Bertz CT molecular complexity index is 1120. The van der Waals surface area contributed by atoms with E-state index in [1.54, 1.807) is 11.0 Å². The molecule has 2 aliphatic heterocycles. The molecule has 4 rings (SSSR count). The Balaban J connectivity index is 1.49. The Labute approximate surface area is 183 Å². The van der Waals surface area contributed by atoms with Crippen molar-refractivity contribution in [2.75, 3.05) is 33.2 Å². The van der Waals surface area contributed by atoms with Crippen LogP contribution >= 0.6 is 0 Å². The number of carbonyl (C=O) groups excluding carboxylic acids is 1. The minimum absolute atomic E-state index is 0.127. The van der Waals surface area contributed by atoms with Crippen LogP contribution in [0.1, 0.15) is 16.7 Å². The molecule has 0 spiro atoms. The van der Waals surface area contributed by atoms with Gasteiger partial charge in [-0.15, -0.1) is 4.40 Å². The molecule has 0 unspecified atom stereocenters. The van der Waals surface area contributed by atoms with E-state index >= 15 is 0 Å². The first-order chi connectivity index (χ1) is 14.8. The number of benzene rings is 2. The molecule has 0 N–H and O–H groups in total. The highest BCUT2D eigenvalue weighted by Gasteiger charge is 2.33. The number of piperazine rings is 1. The number of nitrogens with zero attached hydrogens (tertiary/aromatic N) is 4. The maximum atomic E-state index is 13.2. The van der Waals surface area contributed by atoms with E-state index in [9.17, 15) is 13.2 Å². The molecule has 1 saturated heterocycles. The van der Waals surface area contributed by atoms with Crippen LogP contribution in [0.4, 0.5) is 0 Å². The first-order valence-electron chi connectivity index (χ1n) is 10.3. The largest absolute Gasteiger partial charge is 0.345 e. The van der Waals surface area contributed by atoms with Gasteiger partial charge in [0.15, 0.2) is 0 Å². The zero-order valence-corrected chi connectivity index (χ0v) is 18.5. The van der Waals surface area contributed by atoms with Crippen LogP contribution in [0.15, 0.2) is 70.8 Å².